The lowest BCUT2D eigenvalue weighted by Crippen LogP contribution is -2.20. The number of nitrogens with zero attached hydrogens (tertiary/aromatic N) is 2. The number of ether oxygens (including phenoxy) is 1. The van der Waals surface area contributed by atoms with Gasteiger partial charge in [0.2, 0.25) is 17.3 Å². The molecule has 0 atom stereocenters. The quantitative estimate of drug-likeness (QED) is 0.566. The molecule has 4 rings (SSSR count). The number of aromatic nitrogens is 2. The zero-order chi connectivity index (χ0) is 16.0. The van der Waals surface area contributed by atoms with Gasteiger partial charge in [0.15, 0.2) is 0 Å². The molecular weight excluding hydrogens is 296 g/mol. The van der Waals surface area contributed by atoms with E-state index in [9.17, 15) is 9.59 Å². The van der Waals surface area contributed by atoms with Crippen LogP contribution in [0.25, 0.3) is 11.3 Å². The first-order valence-corrected chi connectivity index (χ1v) is 6.89. The number of rotatable bonds is 2. The number of benzene rings is 1. The Kier molecular flexibility index (Phi) is 2.84. The van der Waals surface area contributed by atoms with Gasteiger partial charge in [-0.3, -0.25) is 14.6 Å². The van der Waals surface area contributed by atoms with Gasteiger partial charge in [-0.05, 0) is 24.3 Å². The van der Waals surface area contributed by atoms with Crippen LogP contribution in [0.5, 0.6) is 5.75 Å². The molecule has 1 aromatic carbocycles. The summed E-state index contributed by atoms with van der Waals surface area (Å²) in [6.45, 7) is 0. The summed E-state index contributed by atoms with van der Waals surface area (Å²) in [5.41, 5.74) is 1.57. The largest absolute Gasteiger partial charge is 0.496 e. The first kappa shape index (κ1) is 13.4. The third-order valence-electron chi connectivity index (χ3n) is 3.78. The molecular formula is C17H10N2O4. The minimum atomic E-state index is -0.379. The topological polar surface area (TPSA) is 82.3 Å². The highest BCUT2D eigenvalue weighted by molar-refractivity contribution is 6.29. The summed E-state index contributed by atoms with van der Waals surface area (Å²) in [6.07, 6.45) is 3.18. The van der Waals surface area contributed by atoms with Crippen LogP contribution in [0.4, 0.5) is 0 Å². The molecule has 3 aromatic rings. The molecule has 112 valence electrons. The van der Waals surface area contributed by atoms with E-state index >= 15 is 0 Å². The number of pyridine rings is 1. The van der Waals surface area contributed by atoms with Gasteiger partial charge < -0.3 is 9.26 Å². The van der Waals surface area contributed by atoms with Gasteiger partial charge in [-0.15, -0.1) is 0 Å². The number of methoxy groups -OCH3 is 1. The van der Waals surface area contributed by atoms with Crippen molar-refractivity contribution in [2.24, 2.45) is 0 Å². The first-order valence-electron chi connectivity index (χ1n) is 6.89. The molecule has 6 heteroatoms. The fourth-order valence-electron chi connectivity index (χ4n) is 2.73. The van der Waals surface area contributed by atoms with E-state index in [0.29, 0.717) is 17.0 Å². The third kappa shape index (κ3) is 1.81. The second-order valence-corrected chi connectivity index (χ2v) is 5.02. The summed E-state index contributed by atoms with van der Waals surface area (Å²) in [5.74, 6) is -0.414. The van der Waals surface area contributed by atoms with E-state index in [-0.39, 0.29) is 34.0 Å². The molecule has 1 aliphatic carbocycles. The van der Waals surface area contributed by atoms with E-state index in [1.165, 1.54) is 7.11 Å². The lowest BCUT2D eigenvalue weighted by atomic mass is 9.86. The Labute approximate surface area is 130 Å². The number of hydrogen-bond donors (Lipinski definition) is 0. The number of carbonyl (C=O) groups is 2. The van der Waals surface area contributed by atoms with Crippen molar-refractivity contribution in [2.75, 3.05) is 7.11 Å². The van der Waals surface area contributed by atoms with Crippen LogP contribution in [0, 0.1) is 0 Å². The fourth-order valence-corrected chi connectivity index (χ4v) is 2.73. The van der Waals surface area contributed by atoms with E-state index in [1.807, 2.05) is 0 Å². The van der Waals surface area contributed by atoms with Crippen LogP contribution >= 0.6 is 0 Å². The molecule has 0 unspecified atom stereocenters. The SMILES string of the molecule is COc1cccc2c1C(=O)c1c(-c3cccnc3)noc1C2=O. The molecule has 2 aromatic heterocycles. The summed E-state index contributed by atoms with van der Waals surface area (Å²) in [7, 11) is 1.46. The fraction of sp³-hybridized carbons (Fsp3) is 0.0588. The summed E-state index contributed by atoms with van der Waals surface area (Å²) in [4.78, 5) is 29.6. The van der Waals surface area contributed by atoms with E-state index in [4.69, 9.17) is 9.26 Å². The predicted octanol–water partition coefficient (Wildman–Crippen LogP) is 2.52. The van der Waals surface area contributed by atoms with Crippen LogP contribution in [0.1, 0.15) is 32.0 Å². The zero-order valence-electron chi connectivity index (χ0n) is 12.1. The Morgan fingerprint density at radius 2 is 1.91 bits per heavy atom. The lowest BCUT2D eigenvalue weighted by Gasteiger charge is -2.15. The van der Waals surface area contributed by atoms with Crippen molar-refractivity contribution < 1.29 is 18.8 Å². The van der Waals surface area contributed by atoms with Crippen molar-refractivity contribution >= 4 is 11.6 Å². The molecule has 0 bridgehead atoms. The molecule has 23 heavy (non-hydrogen) atoms. The van der Waals surface area contributed by atoms with Crippen LogP contribution in [0.15, 0.2) is 47.2 Å². The molecule has 1 aliphatic rings. The second kappa shape index (κ2) is 4.88. The van der Waals surface area contributed by atoms with Gasteiger partial charge >= 0.3 is 0 Å². The van der Waals surface area contributed by atoms with Crippen molar-refractivity contribution in [1.29, 1.82) is 0 Å². The minimum absolute atomic E-state index is 0.0467. The Balaban J connectivity index is 1.98. The van der Waals surface area contributed by atoms with Crippen LogP contribution in [0.3, 0.4) is 0 Å². The smallest absolute Gasteiger partial charge is 0.232 e. The van der Waals surface area contributed by atoms with Gasteiger partial charge in [0.1, 0.15) is 17.0 Å². The maximum Gasteiger partial charge on any atom is 0.232 e. The molecule has 0 fully saturated rings. The number of carbonyl (C=O) groups excluding carboxylic acids is 2. The van der Waals surface area contributed by atoms with E-state index < -0.39 is 0 Å². The van der Waals surface area contributed by atoms with Gasteiger partial charge in [0.25, 0.3) is 0 Å². The van der Waals surface area contributed by atoms with Gasteiger partial charge in [-0.2, -0.15) is 0 Å². The van der Waals surface area contributed by atoms with E-state index in [0.717, 1.165) is 0 Å². The average Bonchev–Trinajstić information content (AvgIpc) is 3.05. The highest BCUT2D eigenvalue weighted by atomic mass is 16.5. The maximum absolute atomic E-state index is 12.9. The second-order valence-electron chi connectivity index (χ2n) is 5.02. The van der Waals surface area contributed by atoms with E-state index in [1.54, 1.807) is 42.7 Å². The van der Waals surface area contributed by atoms with Gasteiger partial charge in [-0.1, -0.05) is 11.2 Å². The van der Waals surface area contributed by atoms with Crippen molar-refractivity contribution in [1.82, 2.24) is 10.1 Å². The maximum atomic E-state index is 12.9. The first-order chi connectivity index (χ1) is 11.2. The molecule has 2 heterocycles. The van der Waals surface area contributed by atoms with Crippen molar-refractivity contribution in [3.8, 4) is 17.0 Å². The Bertz CT molecular complexity index is 944. The van der Waals surface area contributed by atoms with Crippen LogP contribution in [-0.2, 0) is 0 Å². The molecule has 0 amide bonds. The molecule has 0 saturated carbocycles. The summed E-state index contributed by atoms with van der Waals surface area (Å²) < 4.78 is 10.4. The van der Waals surface area contributed by atoms with Crippen LogP contribution in [0.2, 0.25) is 0 Å². The Morgan fingerprint density at radius 3 is 2.65 bits per heavy atom. The Morgan fingerprint density at radius 1 is 1.04 bits per heavy atom. The van der Waals surface area contributed by atoms with Gasteiger partial charge in [0.05, 0.1) is 12.7 Å². The summed E-state index contributed by atoms with van der Waals surface area (Å²) >= 11 is 0. The molecule has 6 nitrogen and oxygen atoms in total. The molecule has 0 spiro atoms. The molecule has 0 N–H and O–H groups in total. The highest BCUT2D eigenvalue weighted by Crippen LogP contribution is 2.37. The number of ketones is 2. The zero-order valence-corrected chi connectivity index (χ0v) is 12.1. The average molecular weight is 306 g/mol. The third-order valence-corrected chi connectivity index (χ3v) is 3.78. The highest BCUT2D eigenvalue weighted by Gasteiger charge is 2.38. The van der Waals surface area contributed by atoms with E-state index in [2.05, 4.69) is 10.1 Å². The predicted molar refractivity (Wildman–Crippen MR) is 79.6 cm³/mol. The van der Waals surface area contributed by atoms with Crippen LogP contribution in [-0.4, -0.2) is 28.8 Å². The van der Waals surface area contributed by atoms with Crippen molar-refractivity contribution in [2.45, 2.75) is 0 Å². The number of fused-ring (bicyclic) bond motifs is 2. The standard InChI is InChI=1S/C17H10N2O4/c1-22-11-6-2-5-10-12(11)16(21)13-14(9-4-3-7-18-8-9)19-23-17(13)15(10)20/h2-8H,1H3. The summed E-state index contributed by atoms with van der Waals surface area (Å²) in [6, 6.07) is 8.35. The van der Waals surface area contributed by atoms with Crippen molar-refractivity contribution in [3.05, 3.63) is 65.2 Å². The minimum Gasteiger partial charge on any atom is -0.496 e. The van der Waals surface area contributed by atoms with Crippen LogP contribution < -0.4 is 4.74 Å². The molecule has 0 aliphatic heterocycles. The monoisotopic (exact) mass is 306 g/mol. The Hall–Kier alpha value is -3.28. The lowest BCUT2D eigenvalue weighted by molar-refractivity contribution is 0.0952. The van der Waals surface area contributed by atoms with Crippen molar-refractivity contribution in [3.63, 3.8) is 0 Å². The normalized spacial score (nSPS) is 12.7. The molecule has 0 saturated heterocycles. The number of hydrogen-bond acceptors (Lipinski definition) is 6. The van der Waals surface area contributed by atoms with Gasteiger partial charge in [0, 0.05) is 23.5 Å². The van der Waals surface area contributed by atoms with Gasteiger partial charge in [-0.25, -0.2) is 0 Å². The molecule has 0 radical (unpaired) electrons. The summed E-state index contributed by atoms with van der Waals surface area (Å²) in [5, 5.41) is 3.91.